The molecule has 17 heavy (non-hydrogen) atoms. The van der Waals surface area contributed by atoms with Crippen molar-refractivity contribution >= 4 is 0 Å². The molecule has 1 fully saturated rings. The van der Waals surface area contributed by atoms with Crippen LogP contribution in [0.4, 0.5) is 4.39 Å². The third kappa shape index (κ3) is 3.79. The summed E-state index contributed by atoms with van der Waals surface area (Å²) in [5.41, 5.74) is 2.20. The molecule has 1 N–H and O–H groups in total. The minimum absolute atomic E-state index is 0.157. The second kappa shape index (κ2) is 6.12. The maximum atomic E-state index is 12.9. The normalized spacial score (nSPS) is 17.3. The first-order valence-electron chi connectivity index (χ1n) is 6.29. The number of aryl methyl sites for hydroxylation is 1. The molecular weight excluding hydrogens is 217 g/mol. The van der Waals surface area contributed by atoms with Crippen molar-refractivity contribution in [3.63, 3.8) is 0 Å². The van der Waals surface area contributed by atoms with E-state index in [0.717, 1.165) is 50.6 Å². The molecular formula is C14H20FNO. The van der Waals surface area contributed by atoms with E-state index in [1.807, 2.05) is 13.0 Å². The Morgan fingerprint density at radius 3 is 2.82 bits per heavy atom. The van der Waals surface area contributed by atoms with Crippen LogP contribution >= 0.6 is 0 Å². The lowest BCUT2D eigenvalue weighted by Crippen LogP contribution is -2.27. The molecule has 1 heterocycles. The summed E-state index contributed by atoms with van der Waals surface area (Å²) in [6, 6.07) is 4.98. The topological polar surface area (TPSA) is 21.3 Å². The fourth-order valence-electron chi connectivity index (χ4n) is 2.22. The van der Waals surface area contributed by atoms with E-state index >= 15 is 0 Å². The third-order valence-corrected chi connectivity index (χ3v) is 3.39. The Bertz CT molecular complexity index is 361. The Kier molecular flexibility index (Phi) is 4.51. The Morgan fingerprint density at radius 1 is 1.35 bits per heavy atom. The van der Waals surface area contributed by atoms with Gasteiger partial charge in [-0.2, -0.15) is 0 Å². The van der Waals surface area contributed by atoms with E-state index in [1.54, 1.807) is 6.07 Å². The lowest BCUT2D eigenvalue weighted by molar-refractivity contribution is 0.0662. The van der Waals surface area contributed by atoms with Crippen LogP contribution in [0.5, 0.6) is 0 Å². The lowest BCUT2D eigenvalue weighted by Gasteiger charge is -2.22. The van der Waals surface area contributed by atoms with Crippen molar-refractivity contribution in [2.45, 2.75) is 26.3 Å². The summed E-state index contributed by atoms with van der Waals surface area (Å²) < 4.78 is 18.3. The van der Waals surface area contributed by atoms with E-state index in [2.05, 4.69) is 5.32 Å². The van der Waals surface area contributed by atoms with Crippen LogP contribution in [-0.4, -0.2) is 19.8 Å². The highest BCUT2D eigenvalue weighted by atomic mass is 19.1. The van der Waals surface area contributed by atoms with Crippen molar-refractivity contribution < 1.29 is 9.13 Å². The van der Waals surface area contributed by atoms with Crippen LogP contribution in [0.25, 0.3) is 0 Å². The van der Waals surface area contributed by atoms with Gasteiger partial charge in [-0.3, -0.25) is 0 Å². The largest absolute Gasteiger partial charge is 0.381 e. The zero-order valence-corrected chi connectivity index (χ0v) is 10.3. The van der Waals surface area contributed by atoms with E-state index in [9.17, 15) is 4.39 Å². The van der Waals surface area contributed by atoms with Gasteiger partial charge in [-0.1, -0.05) is 6.07 Å². The van der Waals surface area contributed by atoms with E-state index in [-0.39, 0.29) is 5.82 Å². The van der Waals surface area contributed by atoms with Crippen molar-refractivity contribution in [1.82, 2.24) is 5.32 Å². The molecule has 3 heteroatoms. The monoisotopic (exact) mass is 237 g/mol. The second-order valence-corrected chi connectivity index (χ2v) is 4.76. The standard InChI is InChI=1S/C14H20FNO/c1-11-8-14(15)3-2-13(11)10-16-9-12-4-6-17-7-5-12/h2-3,8,12,16H,4-7,9-10H2,1H3. The highest BCUT2D eigenvalue weighted by Crippen LogP contribution is 2.14. The molecule has 1 saturated heterocycles. The van der Waals surface area contributed by atoms with Gasteiger partial charge in [0, 0.05) is 19.8 Å². The molecule has 0 bridgehead atoms. The van der Waals surface area contributed by atoms with Crippen LogP contribution < -0.4 is 5.32 Å². The minimum atomic E-state index is -0.157. The van der Waals surface area contributed by atoms with Crippen molar-refractivity contribution in [3.05, 3.63) is 35.1 Å². The Balaban J connectivity index is 1.77. The number of benzene rings is 1. The van der Waals surface area contributed by atoms with E-state index < -0.39 is 0 Å². The summed E-state index contributed by atoms with van der Waals surface area (Å²) in [6.45, 7) is 5.59. The number of halogens is 1. The van der Waals surface area contributed by atoms with Gasteiger partial charge in [0.15, 0.2) is 0 Å². The number of ether oxygens (including phenoxy) is 1. The number of nitrogens with one attached hydrogen (secondary N) is 1. The van der Waals surface area contributed by atoms with Gasteiger partial charge in [0.1, 0.15) is 5.82 Å². The fourth-order valence-corrected chi connectivity index (χ4v) is 2.22. The van der Waals surface area contributed by atoms with Crippen molar-refractivity contribution in [3.8, 4) is 0 Å². The molecule has 94 valence electrons. The van der Waals surface area contributed by atoms with Crippen LogP contribution in [0, 0.1) is 18.7 Å². The molecule has 0 aromatic heterocycles. The van der Waals surface area contributed by atoms with E-state index in [1.165, 1.54) is 11.6 Å². The fraction of sp³-hybridized carbons (Fsp3) is 0.571. The van der Waals surface area contributed by atoms with Gasteiger partial charge in [-0.15, -0.1) is 0 Å². The summed E-state index contributed by atoms with van der Waals surface area (Å²) in [5, 5.41) is 3.45. The SMILES string of the molecule is Cc1cc(F)ccc1CNCC1CCOCC1. The molecule has 1 aromatic rings. The summed E-state index contributed by atoms with van der Waals surface area (Å²) in [5.74, 6) is 0.570. The Morgan fingerprint density at radius 2 is 2.12 bits per heavy atom. The molecule has 1 aliphatic rings. The predicted octanol–water partition coefficient (Wildman–Crippen LogP) is 2.65. The van der Waals surface area contributed by atoms with Crippen LogP contribution in [0.3, 0.4) is 0 Å². The summed E-state index contributed by atoms with van der Waals surface area (Å²) in [4.78, 5) is 0. The van der Waals surface area contributed by atoms with Crippen LogP contribution in [0.1, 0.15) is 24.0 Å². The number of hydrogen-bond acceptors (Lipinski definition) is 2. The van der Waals surface area contributed by atoms with Gasteiger partial charge in [-0.05, 0) is 55.5 Å². The van der Waals surface area contributed by atoms with Gasteiger partial charge >= 0.3 is 0 Å². The second-order valence-electron chi connectivity index (χ2n) is 4.76. The number of rotatable bonds is 4. The van der Waals surface area contributed by atoms with E-state index in [0.29, 0.717) is 0 Å². The first kappa shape index (κ1) is 12.5. The van der Waals surface area contributed by atoms with Gasteiger partial charge in [0.2, 0.25) is 0 Å². The summed E-state index contributed by atoms with van der Waals surface area (Å²) in [7, 11) is 0. The van der Waals surface area contributed by atoms with Crippen molar-refractivity contribution in [2.75, 3.05) is 19.8 Å². The summed E-state index contributed by atoms with van der Waals surface area (Å²) >= 11 is 0. The molecule has 2 nitrogen and oxygen atoms in total. The molecule has 0 unspecified atom stereocenters. The van der Waals surface area contributed by atoms with Crippen LogP contribution in [0.15, 0.2) is 18.2 Å². The van der Waals surface area contributed by atoms with Crippen LogP contribution in [-0.2, 0) is 11.3 Å². The molecule has 0 radical (unpaired) electrons. The molecule has 0 atom stereocenters. The van der Waals surface area contributed by atoms with Gasteiger partial charge in [0.25, 0.3) is 0 Å². The molecule has 1 aliphatic heterocycles. The third-order valence-electron chi connectivity index (χ3n) is 3.39. The Labute approximate surface area is 102 Å². The van der Waals surface area contributed by atoms with Gasteiger partial charge in [0.05, 0.1) is 0 Å². The Hall–Kier alpha value is -0.930. The first-order chi connectivity index (χ1) is 8.25. The molecule has 0 amide bonds. The minimum Gasteiger partial charge on any atom is -0.381 e. The zero-order valence-electron chi connectivity index (χ0n) is 10.3. The molecule has 2 rings (SSSR count). The molecule has 0 spiro atoms. The first-order valence-corrected chi connectivity index (χ1v) is 6.29. The highest BCUT2D eigenvalue weighted by Gasteiger charge is 2.12. The van der Waals surface area contributed by atoms with E-state index in [4.69, 9.17) is 4.74 Å². The molecule has 0 saturated carbocycles. The summed E-state index contributed by atoms with van der Waals surface area (Å²) in [6.07, 6.45) is 2.30. The average Bonchev–Trinajstić information content (AvgIpc) is 2.33. The van der Waals surface area contributed by atoms with Crippen molar-refractivity contribution in [1.29, 1.82) is 0 Å². The number of hydrogen-bond donors (Lipinski definition) is 1. The predicted molar refractivity (Wildman–Crippen MR) is 66.4 cm³/mol. The molecule has 0 aliphatic carbocycles. The van der Waals surface area contributed by atoms with Crippen LogP contribution in [0.2, 0.25) is 0 Å². The quantitative estimate of drug-likeness (QED) is 0.869. The smallest absolute Gasteiger partial charge is 0.123 e. The maximum Gasteiger partial charge on any atom is 0.123 e. The average molecular weight is 237 g/mol. The highest BCUT2D eigenvalue weighted by molar-refractivity contribution is 5.26. The van der Waals surface area contributed by atoms with Crippen molar-refractivity contribution in [2.24, 2.45) is 5.92 Å². The maximum absolute atomic E-state index is 12.9. The zero-order chi connectivity index (χ0) is 12.1. The van der Waals surface area contributed by atoms with Gasteiger partial charge in [-0.25, -0.2) is 4.39 Å². The lowest BCUT2D eigenvalue weighted by atomic mass is 10.0. The van der Waals surface area contributed by atoms with Gasteiger partial charge < -0.3 is 10.1 Å². The molecule has 1 aromatic carbocycles.